The average Bonchev–Trinajstić information content (AvgIpc) is 3.06. The molecule has 8 nitrogen and oxygen atoms in total. The summed E-state index contributed by atoms with van der Waals surface area (Å²) in [5.41, 5.74) is 4.37. The lowest BCUT2D eigenvalue weighted by Crippen LogP contribution is -2.11. The van der Waals surface area contributed by atoms with E-state index in [2.05, 4.69) is 15.6 Å². The summed E-state index contributed by atoms with van der Waals surface area (Å²) in [5.74, 6) is 1.28. The van der Waals surface area contributed by atoms with Crippen molar-refractivity contribution >= 4 is 17.9 Å². The van der Waals surface area contributed by atoms with E-state index in [0.717, 1.165) is 5.56 Å². The van der Waals surface area contributed by atoms with Gasteiger partial charge < -0.3 is 15.2 Å². The van der Waals surface area contributed by atoms with Crippen molar-refractivity contribution in [2.75, 3.05) is 12.5 Å². The van der Waals surface area contributed by atoms with Crippen molar-refractivity contribution < 1.29 is 9.64 Å². The zero-order chi connectivity index (χ0) is 19.2. The Morgan fingerprint density at radius 3 is 2.89 bits per heavy atom. The van der Waals surface area contributed by atoms with E-state index in [1.165, 1.54) is 6.08 Å². The first-order chi connectivity index (χ1) is 13.1. The highest BCUT2D eigenvalue weighted by Crippen LogP contribution is 2.21. The minimum absolute atomic E-state index is 0.0409. The van der Waals surface area contributed by atoms with E-state index in [1.807, 2.05) is 24.3 Å². The molecule has 1 aromatic heterocycles. The molecule has 9 heteroatoms. The van der Waals surface area contributed by atoms with Gasteiger partial charge in [0, 0.05) is 23.4 Å². The summed E-state index contributed by atoms with van der Waals surface area (Å²) in [6.07, 6.45) is 11.4. The van der Waals surface area contributed by atoms with Gasteiger partial charge in [-0.3, -0.25) is 5.43 Å². The summed E-state index contributed by atoms with van der Waals surface area (Å²) in [4.78, 5) is -0.416. The second-order valence-corrected chi connectivity index (χ2v) is 5.78. The Balaban J connectivity index is 1.82. The van der Waals surface area contributed by atoms with Gasteiger partial charge in [-0.1, -0.05) is 24.3 Å². The molecule has 1 aliphatic carbocycles. The van der Waals surface area contributed by atoms with Gasteiger partial charge in [0.15, 0.2) is 5.82 Å². The van der Waals surface area contributed by atoms with E-state index in [9.17, 15) is 10.4 Å². The highest BCUT2D eigenvalue weighted by molar-refractivity contribution is 7.71. The van der Waals surface area contributed by atoms with Crippen molar-refractivity contribution in [2.45, 2.75) is 0 Å². The number of nitrogens with zero attached hydrogens (tertiary/aromatic N) is 3. The second-order valence-electron chi connectivity index (χ2n) is 5.39. The van der Waals surface area contributed by atoms with E-state index in [0.29, 0.717) is 21.9 Å². The normalized spacial score (nSPS) is 14.9. The van der Waals surface area contributed by atoms with Crippen molar-refractivity contribution in [3.63, 3.8) is 0 Å². The molecule has 1 heterocycles. The van der Waals surface area contributed by atoms with E-state index < -0.39 is 4.90 Å². The van der Waals surface area contributed by atoms with Gasteiger partial charge in [0.1, 0.15) is 5.75 Å². The molecule has 0 aliphatic heterocycles. The quantitative estimate of drug-likeness (QED) is 0.468. The molecule has 0 saturated heterocycles. The number of aromatic nitrogens is 3. The molecule has 0 spiro atoms. The van der Waals surface area contributed by atoms with E-state index >= 15 is 0 Å². The maximum Gasteiger partial charge on any atom is 0.229 e. The summed E-state index contributed by atoms with van der Waals surface area (Å²) < 4.78 is 7.20. The van der Waals surface area contributed by atoms with Crippen LogP contribution in [0.3, 0.4) is 0 Å². The molecule has 0 bridgehead atoms. The number of allylic oxidation sites excluding steroid dienone is 7. The number of ether oxygens (including phenoxy) is 1. The van der Waals surface area contributed by atoms with Crippen LogP contribution >= 0.6 is 12.2 Å². The number of hydrogen-bond donors (Lipinski definition) is 2. The summed E-state index contributed by atoms with van der Waals surface area (Å²) in [6, 6.07) is 7.42. The Bertz CT molecular complexity index is 1040. The fraction of sp³-hybridized carbons (Fsp3) is 0.0556. The SMILES string of the molecule is COc1cccc(-c2n[nH]c(=S)n2NC=CC=C2C=CC=CC2=[N+]([O-])[O-])c1. The summed E-state index contributed by atoms with van der Waals surface area (Å²) >= 11 is 5.25. The van der Waals surface area contributed by atoms with Gasteiger partial charge >= 0.3 is 0 Å². The topological polar surface area (TPSA) is 104 Å². The smallest absolute Gasteiger partial charge is 0.229 e. The van der Waals surface area contributed by atoms with Crippen molar-refractivity contribution in [3.8, 4) is 17.1 Å². The zero-order valence-corrected chi connectivity index (χ0v) is 15.1. The molecular weight excluding hydrogens is 366 g/mol. The molecule has 138 valence electrons. The molecule has 1 aliphatic rings. The molecular formula is C18H16N5O3S-. The first-order valence-electron chi connectivity index (χ1n) is 7.92. The number of benzene rings is 1. The third-order valence-corrected chi connectivity index (χ3v) is 3.98. The largest absolute Gasteiger partial charge is 0.612 e. The lowest BCUT2D eigenvalue weighted by molar-refractivity contribution is -0.377. The minimum Gasteiger partial charge on any atom is -0.612 e. The van der Waals surface area contributed by atoms with Crippen LogP contribution in [0.15, 0.2) is 72.5 Å². The van der Waals surface area contributed by atoms with E-state index in [1.54, 1.807) is 48.4 Å². The minimum atomic E-state index is -0.416. The molecule has 0 unspecified atom stereocenters. The Labute approximate surface area is 160 Å². The van der Waals surface area contributed by atoms with Crippen LogP contribution in [0.2, 0.25) is 0 Å². The van der Waals surface area contributed by atoms with Crippen LogP contribution in [-0.4, -0.2) is 32.6 Å². The van der Waals surface area contributed by atoms with Crippen LogP contribution in [0.5, 0.6) is 5.75 Å². The van der Waals surface area contributed by atoms with Crippen molar-refractivity contribution in [1.82, 2.24) is 14.9 Å². The second kappa shape index (κ2) is 8.19. The van der Waals surface area contributed by atoms with Crippen LogP contribution in [0.25, 0.3) is 11.4 Å². The number of H-pyrrole nitrogens is 1. The zero-order valence-electron chi connectivity index (χ0n) is 14.3. The van der Waals surface area contributed by atoms with Crippen LogP contribution in [-0.2, 0) is 0 Å². The number of nitrogens with one attached hydrogen (secondary N) is 2. The van der Waals surface area contributed by atoms with Crippen molar-refractivity contribution in [3.05, 3.63) is 87.7 Å². The monoisotopic (exact) mass is 382 g/mol. The third kappa shape index (κ3) is 4.15. The van der Waals surface area contributed by atoms with Gasteiger partial charge in [-0.2, -0.15) is 10.0 Å². The van der Waals surface area contributed by atoms with Crippen molar-refractivity contribution in [2.24, 2.45) is 0 Å². The summed E-state index contributed by atoms with van der Waals surface area (Å²) in [7, 11) is 1.59. The summed E-state index contributed by atoms with van der Waals surface area (Å²) in [5, 5.41) is 29.1. The Morgan fingerprint density at radius 2 is 2.11 bits per heavy atom. The molecule has 3 rings (SSSR count). The molecule has 2 aromatic rings. The van der Waals surface area contributed by atoms with Gasteiger partial charge in [0.2, 0.25) is 10.5 Å². The Morgan fingerprint density at radius 1 is 1.30 bits per heavy atom. The summed E-state index contributed by atoms with van der Waals surface area (Å²) in [6.45, 7) is 0. The first-order valence-corrected chi connectivity index (χ1v) is 8.32. The van der Waals surface area contributed by atoms with Crippen molar-refractivity contribution in [1.29, 1.82) is 0 Å². The lowest BCUT2D eigenvalue weighted by atomic mass is 10.1. The van der Waals surface area contributed by atoms with Crippen LogP contribution in [0.1, 0.15) is 0 Å². The molecule has 0 saturated carbocycles. The van der Waals surface area contributed by atoms with Gasteiger partial charge in [-0.15, -0.1) is 0 Å². The number of methoxy groups -OCH3 is 1. The molecule has 27 heavy (non-hydrogen) atoms. The fourth-order valence-electron chi connectivity index (χ4n) is 2.44. The van der Waals surface area contributed by atoms with E-state index in [-0.39, 0.29) is 5.71 Å². The fourth-order valence-corrected chi connectivity index (χ4v) is 2.62. The molecule has 2 N–H and O–H groups in total. The Kier molecular flexibility index (Phi) is 5.53. The number of hydrogen-bond acceptors (Lipinski definition) is 6. The lowest BCUT2D eigenvalue weighted by Gasteiger charge is -2.10. The number of rotatable bonds is 5. The maximum absolute atomic E-state index is 11.0. The van der Waals surface area contributed by atoms with Crippen LogP contribution < -0.4 is 10.2 Å². The average molecular weight is 382 g/mol. The molecule has 0 radical (unpaired) electrons. The molecule has 0 amide bonds. The van der Waals surface area contributed by atoms with Crippen LogP contribution in [0.4, 0.5) is 0 Å². The third-order valence-electron chi connectivity index (χ3n) is 3.71. The molecule has 0 atom stereocenters. The van der Waals surface area contributed by atoms with Gasteiger partial charge in [-0.25, -0.2) is 9.77 Å². The van der Waals surface area contributed by atoms with E-state index in [4.69, 9.17) is 17.0 Å². The first kappa shape index (κ1) is 18.2. The molecule has 1 aromatic carbocycles. The Hall–Kier alpha value is -3.59. The highest BCUT2D eigenvalue weighted by atomic mass is 32.1. The van der Waals surface area contributed by atoms with Gasteiger partial charge in [-0.05, 0) is 42.6 Å². The molecule has 0 fully saturated rings. The van der Waals surface area contributed by atoms with Gasteiger partial charge in [0.05, 0.1) is 7.11 Å². The predicted octanol–water partition coefficient (Wildman–Crippen LogP) is 3.17. The highest BCUT2D eigenvalue weighted by Gasteiger charge is 2.10. The standard InChI is InChI=1S/C18H16N5O3S/c1-26-15-9-4-7-14(12-15)17-20-21-18(27)22(17)19-11-5-8-13-6-2-3-10-16(13)23(24)25/h2-12,19H,1H3,(H-,21,24,25,27)/q-1. The van der Waals surface area contributed by atoms with Gasteiger partial charge in [0.25, 0.3) is 0 Å². The maximum atomic E-state index is 11.0. The van der Waals surface area contributed by atoms with Crippen LogP contribution in [0, 0.1) is 15.2 Å². The number of aromatic amines is 1. The predicted molar refractivity (Wildman–Crippen MR) is 106 cm³/mol.